The highest BCUT2D eigenvalue weighted by Gasteiger charge is 2.22. The summed E-state index contributed by atoms with van der Waals surface area (Å²) in [6.07, 6.45) is 0.480. The van der Waals surface area contributed by atoms with E-state index >= 15 is 0 Å². The van der Waals surface area contributed by atoms with Gasteiger partial charge in [0.25, 0.3) is 15.6 Å². The molecule has 2 aromatic carbocycles. The number of anilines is 1. The maximum Gasteiger partial charge on any atom is 0.264 e. The van der Waals surface area contributed by atoms with Gasteiger partial charge in [0.05, 0.1) is 21.0 Å². The zero-order chi connectivity index (χ0) is 23.5. The molecule has 0 spiro atoms. The number of hydrogen-bond donors (Lipinski definition) is 2. The van der Waals surface area contributed by atoms with Crippen LogP contribution < -0.4 is 15.6 Å². The molecular weight excluding hydrogens is 452 g/mol. The molecule has 0 aliphatic heterocycles. The van der Waals surface area contributed by atoms with Gasteiger partial charge in [-0.2, -0.15) is 0 Å². The maximum atomic E-state index is 12.8. The number of para-hydroxylation sites is 1. The third kappa shape index (κ3) is 5.17. The predicted octanol–water partition coefficient (Wildman–Crippen LogP) is 2.27. The molecule has 0 aliphatic carbocycles. The highest BCUT2D eigenvalue weighted by Crippen LogP contribution is 2.25. The molecule has 1 heterocycles. The van der Waals surface area contributed by atoms with Crippen LogP contribution in [0.2, 0.25) is 0 Å². The quantitative estimate of drug-likeness (QED) is 0.397. The van der Waals surface area contributed by atoms with Gasteiger partial charge in [-0.1, -0.05) is 30.8 Å². The van der Waals surface area contributed by atoms with E-state index in [1.54, 1.807) is 31.3 Å². The predicted molar refractivity (Wildman–Crippen MR) is 123 cm³/mol. The topological polar surface area (TPSA) is 127 Å². The van der Waals surface area contributed by atoms with E-state index in [2.05, 4.69) is 10.3 Å². The second-order valence-corrected chi connectivity index (χ2v) is 9.82. The number of rotatable bonds is 7. The monoisotopic (exact) mass is 474 g/mol. The third-order valence-corrected chi connectivity index (χ3v) is 7.42. The van der Waals surface area contributed by atoms with Crippen molar-refractivity contribution in [1.82, 2.24) is 14.3 Å². The van der Waals surface area contributed by atoms with Gasteiger partial charge in [0.2, 0.25) is 11.8 Å². The fourth-order valence-corrected chi connectivity index (χ4v) is 4.91. The van der Waals surface area contributed by atoms with Crippen LogP contribution in [0.4, 0.5) is 5.69 Å². The Morgan fingerprint density at radius 1 is 1.12 bits per heavy atom. The molecular formula is C21H22N4O5S2. The number of nitrogens with one attached hydrogen (secondary N) is 2. The number of carbonyl (C=O) groups excluding carboxylic acids is 2. The largest absolute Gasteiger partial charge is 0.325 e. The summed E-state index contributed by atoms with van der Waals surface area (Å²) >= 11 is 1.18. The van der Waals surface area contributed by atoms with Crippen molar-refractivity contribution >= 4 is 50.2 Å². The molecule has 3 aromatic rings. The van der Waals surface area contributed by atoms with E-state index in [-0.39, 0.29) is 16.4 Å². The van der Waals surface area contributed by atoms with Crippen LogP contribution in [0.3, 0.4) is 0 Å². The molecule has 32 heavy (non-hydrogen) atoms. The van der Waals surface area contributed by atoms with Crippen molar-refractivity contribution in [2.24, 2.45) is 7.05 Å². The fraction of sp³-hybridized carbons (Fsp3) is 0.238. The number of aromatic nitrogens is 2. The van der Waals surface area contributed by atoms with Crippen molar-refractivity contribution in [3.05, 3.63) is 58.9 Å². The molecule has 2 amide bonds. The van der Waals surface area contributed by atoms with Crippen LogP contribution in [0.1, 0.15) is 20.3 Å². The molecule has 0 radical (unpaired) electrons. The lowest BCUT2D eigenvalue weighted by molar-refractivity contribution is -0.117. The van der Waals surface area contributed by atoms with Crippen molar-refractivity contribution in [2.75, 3.05) is 5.32 Å². The van der Waals surface area contributed by atoms with Gasteiger partial charge in [-0.15, -0.1) is 0 Å². The molecule has 0 bridgehead atoms. The highest BCUT2D eigenvalue weighted by molar-refractivity contribution is 8.00. The Kier molecular flexibility index (Phi) is 6.99. The summed E-state index contributed by atoms with van der Waals surface area (Å²) in [6, 6.07) is 12.5. The molecule has 3 rings (SSSR count). The van der Waals surface area contributed by atoms with Crippen molar-refractivity contribution < 1.29 is 18.0 Å². The van der Waals surface area contributed by atoms with Crippen LogP contribution in [0.25, 0.3) is 10.9 Å². The van der Waals surface area contributed by atoms with E-state index in [0.29, 0.717) is 28.2 Å². The van der Waals surface area contributed by atoms with Gasteiger partial charge < -0.3 is 5.32 Å². The zero-order valence-electron chi connectivity index (χ0n) is 17.7. The van der Waals surface area contributed by atoms with E-state index in [1.807, 2.05) is 11.6 Å². The Bertz CT molecular complexity index is 1330. The first-order valence-corrected chi connectivity index (χ1v) is 12.1. The molecule has 0 saturated carbocycles. The minimum Gasteiger partial charge on any atom is -0.325 e. The maximum absolute atomic E-state index is 12.8. The van der Waals surface area contributed by atoms with Crippen molar-refractivity contribution in [1.29, 1.82) is 0 Å². The number of hydrogen-bond acceptors (Lipinski definition) is 7. The second kappa shape index (κ2) is 9.53. The number of nitrogens with zero attached hydrogens (tertiary/aromatic N) is 2. The van der Waals surface area contributed by atoms with Gasteiger partial charge >= 0.3 is 0 Å². The molecule has 0 aliphatic rings. The fourth-order valence-electron chi connectivity index (χ4n) is 2.94. The van der Waals surface area contributed by atoms with Crippen molar-refractivity contribution in [2.45, 2.75) is 35.6 Å². The number of fused-ring (bicyclic) bond motifs is 1. The number of benzene rings is 2. The highest BCUT2D eigenvalue weighted by atomic mass is 32.2. The lowest BCUT2D eigenvalue weighted by Gasteiger charge is -2.16. The lowest BCUT2D eigenvalue weighted by atomic mass is 10.2. The first kappa shape index (κ1) is 23.5. The summed E-state index contributed by atoms with van der Waals surface area (Å²) in [5, 5.41) is 3.15. The van der Waals surface area contributed by atoms with E-state index in [1.165, 1.54) is 40.6 Å². The van der Waals surface area contributed by atoms with Gasteiger partial charge in [-0.05, 0) is 42.8 Å². The minimum absolute atomic E-state index is 0.0949. The number of thioether (sulfide) groups is 1. The average molecular weight is 475 g/mol. The van der Waals surface area contributed by atoms with Gasteiger partial charge in [0, 0.05) is 19.7 Å². The van der Waals surface area contributed by atoms with Crippen LogP contribution >= 0.6 is 11.8 Å². The van der Waals surface area contributed by atoms with Crippen LogP contribution in [-0.4, -0.2) is 35.0 Å². The van der Waals surface area contributed by atoms with Crippen LogP contribution in [0.15, 0.2) is 63.4 Å². The molecule has 1 atom stereocenters. The van der Waals surface area contributed by atoms with Gasteiger partial charge in [0.1, 0.15) is 0 Å². The van der Waals surface area contributed by atoms with Crippen molar-refractivity contribution in [3.63, 3.8) is 0 Å². The molecule has 1 unspecified atom stereocenters. The summed E-state index contributed by atoms with van der Waals surface area (Å²) in [4.78, 5) is 40.9. The number of amides is 2. The Morgan fingerprint density at radius 3 is 2.41 bits per heavy atom. The van der Waals surface area contributed by atoms with Gasteiger partial charge in [-0.3, -0.25) is 19.0 Å². The second-order valence-electron chi connectivity index (χ2n) is 6.97. The summed E-state index contributed by atoms with van der Waals surface area (Å²) < 4.78 is 27.4. The Labute approximate surface area is 189 Å². The third-order valence-electron chi connectivity index (χ3n) is 4.56. The minimum atomic E-state index is -3.95. The summed E-state index contributed by atoms with van der Waals surface area (Å²) in [6.45, 7) is 2.95. The van der Waals surface area contributed by atoms with Gasteiger partial charge in [-0.25, -0.2) is 18.1 Å². The van der Waals surface area contributed by atoms with E-state index < -0.39 is 21.2 Å². The average Bonchev–Trinajstić information content (AvgIpc) is 2.74. The molecule has 0 saturated heterocycles. The van der Waals surface area contributed by atoms with Crippen molar-refractivity contribution in [3.8, 4) is 0 Å². The lowest BCUT2D eigenvalue weighted by Crippen LogP contribution is -2.28. The first-order valence-electron chi connectivity index (χ1n) is 9.69. The van der Waals surface area contributed by atoms with E-state index in [4.69, 9.17) is 0 Å². The SMILES string of the molecule is CCC(Sc1nc2ccccc2c(=O)n1C)C(=O)Nc1ccc(S(=O)(=O)NC(C)=O)cc1. The van der Waals surface area contributed by atoms with E-state index in [0.717, 1.165) is 6.92 Å². The summed E-state index contributed by atoms with van der Waals surface area (Å²) in [5.41, 5.74) is 0.768. The van der Waals surface area contributed by atoms with Gasteiger partial charge in [0.15, 0.2) is 5.16 Å². The van der Waals surface area contributed by atoms with Crippen LogP contribution in [0, 0.1) is 0 Å². The Balaban J connectivity index is 1.77. The summed E-state index contributed by atoms with van der Waals surface area (Å²) in [5.74, 6) is -1.00. The molecule has 2 N–H and O–H groups in total. The number of sulfonamides is 1. The normalized spacial score (nSPS) is 12.3. The zero-order valence-corrected chi connectivity index (χ0v) is 19.3. The molecule has 1 aromatic heterocycles. The molecule has 11 heteroatoms. The number of carbonyl (C=O) groups is 2. The smallest absolute Gasteiger partial charge is 0.264 e. The first-order chi connectivity index (χ1) is 15.1. The molecule has 9 nitrogen and oxygen atoms in total. The standard InChI is InChI=1S/C21H22N4O5S2/c1-4-18(31-21-23-17-8-6-5-7-16(17)20(28)25(21)3)19(27)22-14-9-11-15(12-10-14)32(29,30)24-13(2)26/h5-12,18H,4H2,1-3H3,(H,22,27)(H,24,26). The molecule has 0 fully saturated rings. The summed E-state index contributed by atoms with van der Waals surface area (Å²) in [7, 11) is -2.34. The van der Waals surface area contributed by atoms with Crippen LogP contribution in [0.5, 0.6) is 0 Å². The Hall–Kier alpha value is -3.18. The van der Waals surface area contributed by atoms with E-state index in [9.17, 15) is 22.8 Å². The molecule has 168 valence electrons. The van der Waals surface area contributed by atoms with Crippen LogP contribution in [-0.2, 0) is 26.7 Å². The Morgan fingerprint density at radius 2 is 1.78 bits per heavy atom.